The molecule has 1 aromatic heterocycles. The molecular weight excluding hydrogens is 408 g/mol. The summed E-state index contributed by atoms with van der Waals surface area (Å²) in [7, 11) is 1.32. The van der Waals surface area contributed by atoms with E-state index in [1.165, 1.54) is 19.2 Å². The maximum absolute atomic E-state index is 13.2. The fraction of sp³-hybridized carbons (Fsp3) is 0.120. The lowest BCUT2D eigenvalue weighted by Crippen LogP contribution is -2.25. The minimum Gasteiger partial charge on any atom is -0.507 e. The average Bonchev–Trinajstić information content (AvgIpc) is 3.42. The molecule has 5 rings (SSSR count). The van der Waals surface area contributed by atoms with E-state index < -0.39 is 5.97 Å². The molecule has 0 bridgehead atoms. The fourth-order valence-corrected chi connectivity index (χ4v) is 4.24. The molecule has 0 spiro atoms. The van der Waals surface area contributed by atoms with E-state index in [0.29, 0.717) is 35.2 Å². The molecule has 0 aliphatic carbocycles. The van der Waals surface area contributed by atoms with E-state index in [4.69, 9.17) is 4.74 Å². The molecule has 7 nitrogen and oxygen atoms in total. The van der Waals surface area contributed by atoms with E-state index in [1.54, 1.807) is 39.9 Å². The number of fused-ring (bicyclic) bond motifs is 2. The number of esters is 1. The molecule has 0 unspecified atom stereocenters. The van der Waals surface area contributed by atoms with Crippen molar-refractivity contribution in [2.75, 3.05) is 7.11 Å². The number of aromatic hydroxyl groups is 2. The van der Waals surface area contributed by atoms with Crippen molar-refractivity contribution >= 4 is 22.8 Å². The van der Waals surface area contributed by atoms with Gasteiger partial charge in [-0.15, -0.1) is 0 Å². The summed E-state index contributed by atoms with van der Waals surface area (Å²) in [6.45, 7) is 0.916. The number of aromatic nitrogens is 1. The highest BCUT2D eigenvalue weighted by Crippen LogP contribution is 2.35. The van der Waals surface area contributed by atoms with Crippen molar-refractivity contribution in [3.63, 3.8) is 0 Å². The lowest BCUT2D eigenvalue weighted by atomic mass is 10.1. The predicted octanol–water partition coefficient (Wildman–Crippen LogP) is 3.98. The molecule has 1 aliphatic rings. The first-order valence-electron chi connectivity index (χ1n) is 10.1. The van der Waals surface area contributed by atoms with Crippen LogP contribution >= 0.6 is 0 Å². The van der Waals surface area contributed by atoms with Crippen LogP contribution in [0.4, 0.5) is 0 Å². The Bertz CT molecular complexity index is 1360. The lowest BCUT2D eigenvalue weighted by molar-refractivity contribution is 0.0602. The molecule has 0 saturated carbocycles. The second kappa shape index (κ2) is 7.46. The standard InChI is InChI=1S/C25H20N2O5/c1-32-25(31)18-7-4-8-20-17(18)9-10-27(20)21-11-19(22(28)12-23(21)29)24(30)26-13-15-5-2-3-6-16(15)14-26/h2-12,28-29H,13-14H2,1H3. The number of amides is 1. The van der Waals surface area contributed by atoms with Gasteiger partial charge in [0.15, 0.2) is 0 Å². The monoisotopic (exact) mass is 428 g/mol. The summed E-state index contributed by atoms with van der Waals surface area (Å²) in [5, 5.41) is 21.7. The number of carbonyl (C=O) groups is 2. The predicted molar refractivity (Wildman–Crippen MR) is 118 cm³/mol. The third-order valence-electron chi connectivity index (χ3n) is 5.85. The van der Waals surface area contributed by atoms with Crippen molar-refractivity contribution in [1.29, 1.82) is 0 Å². The van der Waals surface area contributed by atoms with E-state index in [9.17, 15) is 19.8 Å². The molecule has 0 atom stereocenters. The summed E-state index contributed by atoms with van der Waals surface area (Å²) in [6, 6.07) is 17.4. The van der Waals surface area contributed by atoms with E-state index in [-0.39, 0.29) is 23.0 Å². The third-order valence-corrected chi connectivity index (χ3v) is 5.85. The zero-order valence-electron chi connectivity index (χ0n) is 17.3. The molecule has 2 heterocycles. The zero-order valence-corrected chi connectivity index (χ0v) is 17.3. The summed E-state index contributed by atoms with van der Waals surface area (Å²) in [6.07, 6.45) is 1.70. The molecule has 0 fully saturated rings. The van der Waals surface area contributed by atoms with Gasteiger partial charge in [0.25, 0.3) is 5.91 Å². The van der Waals surface area contributed by atoms with Gasteiger partial charge >= 0.3 is 5.97 Å². The quantitative estimate of drug-likeness (QED) is 0.482. The summed E-state index contributed by atoms with van der Waals surface area (Å²) < 4.78 is 6.52. The van der Waals surface area contributed by atoms with E-state index >= 15 is 0 Å². The second-order valence-corrected chi connectivity index (χ2v) is 7.70. The summed E-state index contributed by atoms with van der Waals surface area (Å²) in [4.78, 5) is 27.0. The van der Waals surface area contributed by atoms with Gasteiger partial charge in [0.1, 0.15) is 11.5 Å². The van der Waals surface area contributed by atoms with Crippen LogP contribution in [0.25, 0.3) is 16.6 Å². The average molecular weight is 428 g/mol. The Morgan fingerprint density at radius 2 is 1.59 bits per heavy atom. The van der Waals surface area contributed by atoms with Gasteiger partial charge in [0.05, 0.1) is 29.4 Å². The fourth-order valence-electron chi connectivity index (χ4n) is 4.24. The number of hydrogen-bond donors (Lipinski definition) is 2. The van der Waals surface area contributed by atoms with E-state index in [2.05, 4.69) is 0 Å². The molecule has 0 radical (unpaired) electrons. The maximum atomic E-state index is 13.2. The van der Waals surface area contributed by atoms with Gasteiger partial charge in [-0.2, -0.15) is 0 Å². The molecule has 1 amide bonds. The smallest absolute Gasteiger partial charge is 0.338 e. The van der Waals surface area contributed by atoms with Crippen LogP contribution in [0.3, 0.4) is 0 Å². The number of hydrogen-bond acceptors (Lipinski definition) is 5. The van der Waals surface area contributed by atoms with Crippen molar-refractivity contribution in [1.82, 2.24) is 9.47 Å². The van der Waals surface area contributed by atoms with Crippen LogP contribution in [0.15, 0.2) is 66.9 Å². The molecule has 160 valence electrons. The Labute approximate surface area is 183 Å². The number of rotatable bonds is 3. The number of nitrogens with zero attached hydrogens (tertiary/aromatic N) is 2. The molecule has 1 aliphatic heterocycles. The van der Waals surface area contributed by atoms with Crippen molar-refractivity contribution in [2.24, 2.45) is 0 Å². The first kappa shape index (κ1) is 19.7. The highest BCUT2D eigenvalue weighted by atomic mass is 16.5. The van der Waals surface area contributed by atoms with E-state index in [0.717, 1.165) is 11.1 Å². The van der Waals surface area contributed by atoms with Gasteiger partial charge in [-0.25, -0.2) is 4.79 Å². The van der Waals surface area contributed by atoms with Gasteiger partial charge in [-0.1, -0.05) is 30.3 Å². The maximum Gasteiger partial charge on any atom is 0.338 e. The molecule has 7 heteroatoms. The Morgan fingerprint density at radius 1 is 0.875 bits per heavy atom. The zero-order chi connectivity index (χ0) is 22.4. The third kappa shape index (κ3) is 3.06. The summed E-state index contributed by atoms with van der Waals surface area (Å²) in [5.74, 6) is -1.27. The van der Waals surface area contributed by atoms with Gasteiger partial charge in [0, 0.05) is 30.7 Å². The van der Waals surface area contributed by atoms with Crippen molar-refractivity contribution in [3.05, 3.63) is 89.1 Å². The van der Waals surface area contributed by atoms with Crippen LogP contribution in [0.1, 0.15) is 31.8 Å². The molecule has 3 aromatic carbocycles. The SMILES string of the molecule is COC(=O)c1cccc2c1ccn2-c1cc(C(=O)N2Cc3ccccc3C2)c(O)cc1O. The summed E-state index contributed by atoms with van der Waals surface area (Å²) >= 11 is 0. The minimum atomic E-state index is -0.465. The number of ether oxygens (including phenoxy) is 1. The number of phenols is 2. The first-order chi connectivity index (χ1) is 15.5. The largest absolute Gasteiger partial charge is 0.507 e. The van der Waals surface area contributed by atoms with Gasteiger partial charge in [-0.05, 0) is 35.4 Å². The Morgan fingerprint density at radius 3 is 2.28 bits per heavy atom. The van der Waals surface area contributed by atoms with Gasteiger partial charge < -0.3 is 24.4 Å². The molecule has 0 saturated heterocycles. The van der Waals surface area contributed by atoms with Crippen LogP contribution in [0, 0.1) is 0 Å². The van der Waals surface area contributed by atoms with Crippen LogP contribution in [-0.2, 0) is 17.8 Å². The Balaban J connectivity index is 1.57. The molecule has 2 N–H and O–H groups in total. The van der Waals surface area contributed by atoms with Crippen LogP contribution in [-0.4, -0.2) is 38.7 Å². The van der Waals surface area contributed by atoms with Crippen LogP contribution < -0.4 is 0 Å². The number of carbonyl (C=O) groups excluding carboxylic acids is 2. The Hall–Kier alpha value is -4.26. The van der Waals surface area contributed by atoms with Crippen LogP contribution in [0.5, 0.6) is 11.5 Å². The molecular formula is C25H20N2O5. The minimum absolute atomic E-state index is 0.0941. The second-order valence-electron chi connectivity index (χ2n) is 7.70. The number of benzene rings is 3. The lowest BCUT2D eigenvalue weighted by Gasteiger charge is -2.18. The highest BCUT2D eigenvalue weighted by Gasteiger charge is 2.27. The summed E-state index contributed by atoms with van der Waals surface area (Å²) in [5.41, 5.74) is 3.61. The van der Waals surface area contributed by atoms with Crippen molar-refractivity contribution in [2.45, 2.75) is 13.1 Å². The van der Waals surface area contributed by atoms with Gasteiger partial charge in [0.2, 0.25) is 0 Å². The normalized spacial score (nSPS) is 12.7. The van der Waals surface area contributed by atoms with Gasteiger partial charge in [-0.3, -0.25) is 4.79 Å². The van der Waals surface area contributed by atoms with Crippen LogP contribution in [0.2, 0.25) is 0 Å². The molecule has 32 heavy (non-hydrogen) atoms. The Kier molecular flexibility index (Phi) is 4.59. The van der Waals surface area contributed by atoms with Crippen molar-refractivity contribution in [3.8, 4) is 17.2 Å². The van der Waals surface area contributed by atoms with E-state index in [1.807, 2.05) is 24.3 Å². The first-order valence-corrected chi connectivity index (χ1v) is 10.1. The number of phenolic OH excluding ortho intramolecular Hbond substituents is 2. The highest BCUT2D eigenvalue weighted by molar-refractivity contribution is 6.04. The van der Waals surface area contributed by atoms with Crippen molar-refractivity contribution < 1.29 is 24.5 Å². The molecule has 4 aromatic rings. The topological polar surface area (TPSA) is 92.0 Å². The number of methoxy groups -OCH3 is 1.